The first-order valence-electron chi connectivity index (χ1n) is 23.1. The molecule has 8 aromatic rings. The van der Waals surface area contributed by atoms with Gasteiger partial charge in [-0.3, -0.25) is 9.59 Å². The number of hydrogen-bond acceptors (Lipinski definition) is 17. The molecule has 2 aromatic carbocycles. The second-order valence-corrected chi connectivity index (χ2v) is 18.3. The fourth-order valence-electron chi connectivity index (χ4n) is 8.92. The van der Waals surface area contributed by atoms with Crippen LogP contribution in [0.2, 0.25) is 0 Å². The van der Waals surface area contributed by atoms with Crippen LogP contribution in [0.1, 0.15) is 47.4 Å². The van der Waals surface area contributed by atoms with Gasteiger partial charge in [0.2, 0.25) is 11.8 Å². The summed E-state index contributed by atoms with van der Waals surface area (Å²) in [7, 11) is 7.34. The molecule has 1 unspecified atom stereocenters. The molecular weight excluding hydrogens is 948 g/mol. The molecule has 3 aliphatic rings. The number of nitrogens with two attached hydrogens (primary N) is 2. The van der Waals surface area contributed by atoms with E-state index in [0.717, 1.165) is 6.07 Å². The number of amides is 2. The number of nitrogen functional groups attached to an aromatic ring is 2. The van der Waals surface area contributed by atoms with E-state index < -0.39 is 23.0 Å². The normalized spacial score (nSPS) is 17.1. The lowest BCUT2D eigenvalue weighted by Crippen LogP contribution is -2.50. The van der Waals surface area contributed by atoms with Crippen molar-refractivity contribution in [2.45, 2.75) is 31.0 Å². The van der Waals surface area contributed by atoms with Crippen molar-refractivity contribution in [3.8, 4) is 23.7 Å². The van der Waals surface area contributed by atoms with Gasteiger partial charge in [-0.25, -0.2) is 42.5 Å². The number of halogens is 3. The van der Waals surface area contributed by atoms with Gasteiger partial charge in [-0.05, 0) is 44.8 Å². The predicted molar refractivity (Wildman–Crippen MR) is 262 cm³/mol. The number of benzene rings is 2. The van der Waals surface area contributed by atoms with Gasteiger partial charge >= 0.3 is 0 Å². The van der Waals surface area contributed by atoms with E-state index in [1.54, 1.807) is 55.2 Å². The molecule has 11 rings (SSSR count). The van der Waals surface area contributed by atoms with Crippen molar-refractivity contribution in [1.82, 2.24) is 64.2 Å². The molecule has 2 amide bonds. The van der Waals surface area contributed by atoms with E-state index in [0.29, 0.717) is 85.7 Å². The topological polar surface area (TPSA) is 242 Å². The van der Waals surface area contributed by atoms with Gasteiger partial charge in [0, 0.05) is 77.6 Å². The Labute approximate surface area is 412 Å². The molecule has 0 saturated carbocycles. The van der Waals surface area contributed by atoms with Gasteiger partial charge < -0.3 is 44.8 Å². The Hall–Kier alpha value is -9.03. The highest BCUT2D eigenvalue weighted by Crippen LogP contribution is 2.34. The molecule has 0 spiro atoms. The Morgan fingerprint density at radius 1 is 0.753 bits per heavy atom. The predicted octanol–water partition coefficient (Wildman–Crippen LogP) is 3.81. The fourth-order valence-corrected chi connectivity index (χ4v) is 8.92. The second kappa shape index (κ2) is 18.3. The summed E-state index contributed by atoms with van der Waals surface area (Å²) in [5, 5.41) is 10.1. The van der Waals surface area contributed by atoms with E-state index >= 15 is 13.2 Å². The number of carbonyl (C=O) groups excluding carboxylic acids is 2. The summed E-state index contributed by atoms with van der Waals surface area (Å²) in [4.78, 5) is 60.8. The molecule has 2 atom stereocenters. The first-order valence-corrected chi connectivity index (χ1v) is 23.1. The summed E-state index contributed by atoms with van der Waals surface area (Å²) < 4.78 is 61.6. The standard InChI is InChI=1S/C49H44F3N17O4/c1-63(2)15-5-6-38(70)66-22-29(23-66)69-47-41(45(54)56-25-58-47)34(62-69)11-9-30-32(51)20-37-43(42(30)52)60-49(73-37)67-17-14-27(67)8-12-39(71)65-16-13-28(21-65)68-46-40(44(53)55-24-57-46)33(61-68)10-7-26-18-35-36(19-31(26)50)72-48(59-35)64(3)4/h5-6,8,12,18-20,24-25,27-29H,13-17,21-23H2,1-4H3,(H2,53,55,57)(H2,54,56,58)/b6-5+,12-8+/t27?,28-/m0/s1. The maximum absolute atomic E-state index is 16.1. The molecule has 370 valence electrons. The first kappa shape index (κ1) is 46.4. The second-order valence-electron chi connectivity index (χ2n) is 18.3. The molecule has 0 bridgehead atoms. The summed E-state index contributed by atoms with van der Waals surface area (Å²) in [5.41, 5.74) is 13.6. The average Bonchev–Trinajstić information content (AvgIpc) is 4.18. The Bertz CT molecular complexity index is 3750. The van der Waals surface area contributed by atoms with E-state index in [2.05, 4.69) is 58.7 Å². The molecule has 73 heavy (non-hydrogen) atoms. The van der Waals surface area contributed by atoms with E-state index in [-0.39, 0.29) is 81.2 Å². The third kappa shape index (κ3) is 8.50. The molecule has 3 fully saturated rings. The molecule has 0 radical (unpaired) electrons. The Kier molecular flexibility index (Phi) is 11.6. The molecule has 3 aliphatic heterocycles. The van der Waals surface area contributed by atoms with Crippen LogP contribution in [0.3, 0.4) is 0 Å². The van der Waals surface area contributed by atoms with Crippen LogP contribution in [0.4, 0.5) is 36.8 Å². The van der Waals surface area contributed by atoms with E-state index in [9.17, 15) is 9.59 Å². The number of fused-ring (bicyclic) bond motifs is 4. The molecule has 24 heteroatoms. The highest BCUT2D eigenvalue weighted by molar-refractivity contribution is 5.93. The average molecular weight is 992 g/mol. The van der Waals surface area contributed by atoms with Crippen LogP contribution in [-0.4, -0.2) is 149 Å². The zero-order valence-electron chi connectivity index (χ0n) is 39.7. The van der Waals surface area contributed by atoms with Gasteiger partial charge in [0.05, 0.1) is 40.0 Å². The van der Waals surface area contributed by atoms with Crippen molar-refractivity contribution in [1.29, 1.82) is 0 Å². The van der Waals surface area contributed by atoms with Gasteiger partial charge in [0.1, 0.15) is 58.3 Å². The van der Waals surface area contributed by atoms with Gasteiger partial charge in [0.25, 0.3) is 12.0 Å². The number of aromatic nitrogens is 10. The lowest BCUT2D eigenvalue weighted by atomic mass is 10.0. The molecular formula is C49H44F3N17O4. The third-order valence-corrected chi connectivity index (χ3v) is 12.9. The summed E-state index contributed by atoms with van der Waals surface area (Å²) in [6.07, 6.45) is 10.3. The number of nitrogens with zero attached hydrogens (tertiary/aromatic N) is 15. The minimum Gasteiger partial charge on any atom is -0.423 e. The zero-order valence-corrected chi connectivity index (χ0v) is 39.7. The number of oxazole rings is 2. The van der Waals surface area contributed by atoms with Crippen LogP contribution >= 0.6 is 0 Å². The molecule has 21 nitrogen and oxygen atoms in total. The molecule has 0 aliphatic carbocycles. The monoisotopic (exact) mass is 991 g/mol. The van der Waals surface area contributed by atoms with Crippen molar-refractivity contribution in [3.05, 3.63) is 95.1 Å². The highest BCUT2D eigenvalue weighted by atomic mass is 19.1. The number of anilines is 4. The van der Waals surface area contributed by atoms with Crippen molar-refractivity contribution >= 4 is 79.7 Å². The Morgan fingerprint density at radius 2 is 1.41 bits per heavy atom. The van der Waals surface area contributed by atoms with Gasteiger partial charge in [0.15, 0.2) is 28.3 Å². The van der Waals surface area contributed by atoms with E-state index in [1.165, 1.54) is 36.9 Å². The maximum atomic E-state index is 16.1. The fraction of sp³-hybridized carbons (Fsp3) is 0.306. The quantitative estimate of drug-likeness (QED) is 0.154. The SMILES string of the molecule is CN(C)C/C=C/C(=O)N1CC(n2nc(C#Cc3c(F)cc4oc(N5CCC5/C=C/C(=O)N5CC[C@H](n6nc(C#Cc7cc8nc(N(C)C)oc8cc7F)c7c(N)ncnc76)C5)nc4c3F)c3c(N)ncnc32)C1. The number of rotatable bonds is 9. The Balaban J connectivity index is 0.769. The van der Waals surface area contributed by atoms with Crippen LogP contribution in [0.15, 0.2) is 64.0 Å². The lowest BCUT2D eigenvalue weighted by Gasteiger charge is -2.38. The number of carbonyl (C=O) groups is 2. The zero-order chi connectivity index (χ0) is 50.8. The van der Waals surface area contributed by atoms with Crippen LogP contribution in [0.25, 0.3) is 44.3 Å². The molecule has 6 aromatic heterocycles. The number of likely N-dealkylation sites (tertiary alicyclic amines) is 2. The third-order valence-electron chi connectivity index (χ3n) is 12.9. The smallest absolute Gasteiger partial charge is 0.298 e. The maximum Gasteiger partial charge on any atom is 0.298 e. The number of likely N-dealkylation sites (N-methyl/N-ethyl adjacent to an activating group) is 1. The van der Waals surface area contributed by atoms with Gasteiger partial charge in [-0.2, -0.15) is 20.2 Å². The summed E-state index contributed by atoms with van der Waals surface area (Å²) in [5.74, 6) is 8.42. The lowest BCUT2D eigenvalue weighted by molar-refractivity contribution is -0.131. The van der Waals surface area contributed by atoms with Crippen LogP contribution in [0.5, 0.6) is 0 Å². The summed E-state index contributed by atoms with van der Waals surface area (Å²) in [6, 6.07) is 3.29. The molecule has 9 heterocycles. The van der Waals surface area contributed by atoms with Crippen LogP contribution in [0, 0.1) is 41.1 Å². The Morgan fingerprint density at radius 3 is 2.08 bits per heavy atom. The van der Waals surface area contributed by atoms with Crippen LogP contribution in [-0.2, 0) is 9.59 Å². The first-order chi connectivity index (χ1) is 35.2. The largest absolute Gasteiger partial charge is 0.423 e. The minimum absolute atomic E-state index is 0.0505. The number of hydrogen-bond donors (Lipinski definition) is 2. The van der Waals surface area contributed by atoms with Gasteiger partial charge in [-0.15, -0.1) is 0 Å². The van der Waals surface area contributed by atoms with Crippen molar-refractivity contribution in [2.75, 3.05) is 88.7 Å². The van der Waals surface area contributed by atoms with Crippen molar-refractivity contribution in [3.63, 3.8) is 0 Å². The molecule has 3 saturated heterocycles. The summed E-state index contributed by atoms with van der Waals surface area (Å²) >= 11 is 0. The van der Waals surface area contributed by atoms with Crippen molar-refractivity contribution < 1.29 is 31.6 Å². The van der Waals surface area contributed by atoms with E-state index in [1.807, 2.05) is 19.0 Å². The van der Waals surface area contributed by atoms with E-state index in [4.69, 9.17) is 25.4 Å². The van der Waals surface area contributed by atoms with Crippen molar-refractivity contribution in [2.24, 2.45) is 0 Å². The van der Waals surface area contributed by atoms with Crippen LogP contribution < -0.4 is 21.3 Å². The van der Waals surface area contributed by atoms with Gasteiger partial charge in [-0.1, -0.05) is 24.0 Å². The molecule has 4 N–H and O–H groups in total. The summed E-state index contributed by atoms with van der Waals surface area (Å²) in [6.45, 7) is 2.55. The highest BCUT2D eigenvalue weighted by Gasteiger charge is 2.35. The minimum atomic E-state index is -1.02.